The molecule has 168 valence electrons. The van der Waals surface area contributed by atoms with Gasteiger partial charge in [0.1, 0.15) is 12.4 Å². The number of fused-ring (bicyclic) bond motifs is 3. The van der Waals surface area contributed by atoms with E-state index in [0.717, 1.165) is 41.3 Å². The molecule has 0 atom stereocenters. The predicted molar refractivity (Wildman–Crippen MR) is 123 cm³/mol. The van der Waals surface area contributed by atoms with Gasteiger partial charge in [-0.2, -0.15) is 4.98 Å². The summed E-state index contributed by atoms with van der Waals surface area (Å²) in [4.78, 5) is 32.3. The number of benzene rings is 1. The molecule has 0 aliphatic carbocycles. The highest BCUT2D eigenvalue weighted by atomic mass is 16.5. The van der Waals surface area contributed by atoms with Crippen molar-refractivity contribution in [3.05, 3.63) is 57.0 Å². The van der Waals surface area contributed by atoms with Gasteiger partial charge in [-0.25, -0.2) is 4.79 Å². The van der Waals surface area contributed by atoms with Gasteiger partial charge in [-0.1, -0.05) is 18.6 Å². The molecule has 32 heavy (non-hydrogen) atoms. The van der Waals surface area contributed by atoms with E-state index in [2.05, 4.69) is 9.88 Å². The van der Waals surface area contributed by atoms with Gasteiger partial charge in [-0.15, -0.1) is 0 Å². The number of ether oxygens (including phenoxy) is 1. The van der Waals surface area contributed by atoms with Gasteiger partial charge in [0.05, 0.1) is 5.69 Å². The number of imidazole rings is 2. The largest absolute Gasteiger partial charge is 0.490 e. The van der Waals surface area contributed by atoms with Gasteiger partial charge in [0.25, 0.3) is 5.56 Å². The van der Waals surface area contributed by atoms with Crippen LogP contribution in [0.4, 0.5) is 0 Å². The summed E-state index contributed by atoms with van der Waals surface area (Å²) in [6.45, 7) is 5.75. The lowest BCUT2D eigenvalue weighted by Crippen LogP contribution is -2.37. The highest BCUT2D eigenvalue weighted by molar-refractivity contribution is 5.76. The van der Waals surface area contributed by atoms with Crippen LogP contribution in [0.25, 0.3) is 22.6 Å². The van der Waals surface area contributed by atoms with E-state index < -0.39 is 5.69 Å². The molecule has 1 aliphatic rings. The molecule has 0 amide bonds. The van der Waals surface area contributed by atoms with Gasteiger partial charge < -0.3 is 4.74 Å². The lowest BCUT2D eigenvalue weighted by Gasteiger charge is -2.26. The Bertz CT molecular complexity index is 1420. The number of likely N-dealkylation sites (tertiary alicyclic amines) is 1. The fourth-order valence-corrected chi connectivity index (χ4v) is 4.61. The third-order valence-electron chi connectivity index (χ3n) is 6.36. The Kier molecular flexibility index (Phi) is 5.13. The zero-order valence-corrected chi connectivity index (χ0v) is 18.7. The van der Waals surface area contributed by atoms with Crippen LogP contribution in [0.3, 0.4) is 0 Å². The molecule has 1 fully saturated rings. The number of rotatable bonds is 5. The second-order valence-electron chi connectivity index (χ2n) is 8.48. The van der Waals surface area contributed by atoms with Crippen LogP contribution in [-0.2, 0) is 14.1 Å². The van der Waals surface area contributed by atoms with Crippen LogP contribution >= 0.6 is 0 Å². The Morgan fingerprint density at radius 2 is 1.78 bits per heavy atom. The minimum Gasteiger partial charge on any atom is -0.490 e. The van der Waals surface area contributed by atoms with Gasteiger partial charge >= 0.3 is 5.69 Å². The number of piperidine rings is 1. The lowest BCUT2D eigenvalue weighted by molar-refractivity contribution is 0.183. The minimum absolute atomic E-state index is 0.362. The summed E-state index contributed by atoms with van der Waals surface area (Å²) in [5.74, 6) is 1.34. The van der Waals surface area contributed by atoms with E-state index in [0.29, 0.717) is 23.5 Å². The van der Waals surface area contributed by atoms with Crippen LogP contribution in [0.15, 0.2) is 40.1 Å². The Morgan fingerprint density at radius 3 is 2.56 bits per heavy atom. The maximum atomic E-state index is 12.8. The van der Waals surface area contributed by atoms with E-state index >= 15 is 0 Å². The van der Waals surface area contributed by atoms with E-state index in [-0.39, 0.29) is 5.56 Å². The molecule has 0 N–H and O–H groups in total. The molecule has 3 aromatic heterocycles. The average molecular weight is 437 g/mol. The normalized spacial score (nSPS) is 15.1. The van der Waals surface area contributed by atoms with Crippen LogP contribution in [0.5, 0.6) is 5.75 Å². The predicted octanol–water partition coefficient (Wildman–Crippen LogP) is 1.85. The molecule has 0 radical (unpaired) electrons. The molecule has 1 aromatic carbocycles. The van der Waals surface area contributed by atoms with Crippen LogP contribution < -0.4 is 16.0 Å². The summed E-state index contributed by atoms with van der Waals surface area (Å²) < 4.78 is 12.5. The monoisotopic (exact) mass is 436 g/mol. The van der Waals surface area contributed by atoms with Crippen LogP contribution in [0.1, 0.15) is 25.0 Å². The molecule has 0 bridgehead atoms. The fourth-order valence-electron chi connectivity index (χ4n) is 4.61. The molecule has 0 unspecified atom stereocenters. The molecule has 1 saturated heterocycles. The summed E-state index contributed by atoms with van der Waals surface area (Å²) in [7, 11) is 3.12. The second kappa shape index (κ2) is 7.98. The Labute approximate surface area is 185 Å². The van der Waals surface area contributed by atoms with Crippen molar-refractivity contribution in [1.29, 1.82) is 0 Å². The van der Waals surface area contributed by atoms with Crippen molar-refractivity contribution in [1.82, 2.24) is 28.0 Å². The van der Waals surface area contributed by atoms with E-state index in [1.807, 2.05) is 42.0 Å². The summed E-state index contributed by atoms with van der Waals surface area (Å²) in [6.07, 6.45) is 5.70. The van der Waals surface area contributed by atoms with Crippen molar-refractivity contribution < 1.29 is 4.74 Å². The molecular weight excluding hydrogens is 408 g/mol. The second-order valence-corrected chi connectivity index (χ2v) is 8.48. The molecular formula is C23H28N6O3. The third-order valence-corrected chi connectivity index (χ3v) is 6.36. The number of aryl methyl sites for hydroxylation is 2. The van der Waals surface area contributed by atoms with Gasteiger partial charge in [-0.05, 0) is 45.0 Å². The summed E-state index contributed by atoms with van der Waals surface area (Å²) in [5.41, 5.74) is 1.76. The summed E-state index contributed by atoms with van der Waals surface area (Å²) in [6, 6.07) is 7.86. The fraction of sp³-hybridized carbons (Fsp3) is 0.435. The van der Waals surface area contributed by atoms with E-state index in [9.17, 15) is 9.59 Å². The minimum atomic E-state index is -0.395. The van der Waals surface area contributed by atoms with Crippen LogP contribution in [0.2, 0.25) is 0 Å². The van der Waals surface area contributed by atoms with E-state index in [4.69, 9.17) is 4.74 Å². The van der Waals surface area contributed by atoms with Crippen molar-refractivity contribution in [2.45, 2.75) is 26.2 Å². The number of para-hydroxylation sites is 2. The van der Waals surface area contributed by atoms with Crippen molar-refractivity contribution >= 4 is 16.9 Å². The highest BCUT2D eigenvalue weighted by Crippen LogP contribution is 2.28. The Balaban J connectivity index is 1.57. The molecule has 0 spiro atoms. The first kappa shape index (κ1) is 20.6. The van der Waals surface area contributed by atoms with Gasteiger partial charge in [-0.3, -0.25) is 27.8 Å². The zero-order valence-electron chi connectivity index (χ0n) is 18.7. The molecule has 5 rings (SSSR count). The summed E-state index contributed by atoms with van der Waals surface area (Å²) >= 11 is 0. The van der Waals surface area contributed by atoms with Crippen LogP contribution in [-0.4, -0.2) is 54.2 Å². The zero-order chi connectivity index (χ0) is 22.4. The molecule has 4 heterocycles. The maximum absolute atomic E-state index is 12.8. The van der Waals surface area contributed by atoms with Crippen molar-refractivity contribution in [2.75, 3.05) is 26.2 Å². The topological polar surface area (TPSA) is 78.7 Å². The SMILES string of the molecule is Cc1cn2c3c(=O)n(C)c(=O)n(C)c3nc2n1-c1ccccc1OCCN1CCCCC1. The van der Waals surface area contributed by atoms with Gasteiger partial charge in [0.15, 0.2) is 11.2 Å². The first-order chi connectivity index (χ1) is 15.5. The maximum Gasteiger partial charge on any atom is 0.332 e. The van der Waals surface area contributed by atoms with Crippen molar-refractivity contribution in [2.24, 2.45) is 14.1 Å². The average Bonchev–Trinajstić information content (AvgIpc) is 3.32. The molecule has 4 aromatic rings. The highest BCUT2D eigenvalue weighted by Gasteiger charge is 2.21. The van der Waals surface area contributed by atoms with Gasteiger partial charge in [0.2, 0.25) is 5.78 Å². The lowest BCUT2D eigenvalue weighted by atomic mass is 10.1. The van der Waals surface area contributed by atoms with Crippen molar-refractivity contribution in [3.8, 4) is 11.4 Å². The molecule has 9 nitrogen and oxygen atoms in total. The smallest absolute Gasteiger partial charge is 0.332 e. The third kappa shape index (κ3) is 3.24. The number of nitrogens with zero attached hydrogens (tertiary/aromatic N) is 6. The van der Waals surface area contributed by atoms with E-state index in [1.165, 1.54) is 30.9 Å². The first-order valence-corrected chi connectivity index (χ1v) is 11.1. The van der Waals surface area contributed by atoms with E-state index in [1.54, 1.807) is 11.4 Å². The number of hydrogen-bond donors (Lipinski definition) is 0. The number of hydrogen-bond acceptors (Lipinski definition) is 5. The Morgan fingerprint density at radius 1 is 1.03 bits per heavy atom. The number of aromatic nitrogens is 5. The van der Waals surface area contributed by atoms with Gasteiger partial charge in [0, 0.05) is 32.5 Å². The molecule has 0 saturated carbocycles. The quantitative estimate of drug-likeness (QED) is 0.477. The van der Waals surface area contributed by atoms with Crippen LogP contribution in [0, 0.1) is 6.92 Å². The Hall–Kier alpha value is -3.33. The van der Waals surface area contributed by atoms with Crippen molar-refractivity contribution in [3.63, 3.8) is 0 Å². The molecule has 9 heteroatoms. The molecule has 1 aliphatic heterocycles. The summed E-state index contributed by atoms with van der Waals surface area (Å²) in [5, 5.41) is 0. The standard InChI is InChI=1S/C23H28N6O3/c1-16-15-28-19-20(25(2)23(31)26(3)21(19)30)24-22(28)29(16)17-9-5-6-10-18(17)32-14-13-27-11-7-4-8-12-27/h5-6,9-10,15H,4,7-8,11-14H2,1-3H3. The first-order valence-electron chi connectivity index (χ1n) is 11.1.